The van der Waals surface area contributed by atoms with Crippen LogP contribution in [0.25, 0.3) is 16.8 Å². The predicted molar refractivity (Wildman–Crippen MR) is 188 cm³/mol. The number of aliphatic hydroxyl groups is 1. The van der Waals surface area contributed by atoms with Crippen molar-refractivity contribution in [1.82, 2.24) is 29.5 Å². The van der Waals surface area contributed by atoms with Crippen LogP contribution in [-0.2, 0) is 39.9 Å². The van der Waals surface area contributed by atoms with Crippen molar-refractivity contribution < 1.29 is 49.1 Å². The summed E-state index contributed by atoms with van der Waals surface area (Å²) in [5, 5.41) is 16.3. The van der Waals surface area contributed by atoms with Crippen LogP contribution in [0.5, 0.6) is 0 Å². The zero-order chi connectivity index (χ0) is 40.7. The number of carbonyl (C=O) groups excluding carboxylic acids is 1. The lowest BCUT2D eigenvalue weighted by Gasteiger charge is -2.23. The molecule has 294 valence electrons. The maximum atomic E-state index is 15.4. The normalized spacial score (nSPS) is 17.9. The number of anilines is 1. The number of alkyl halides is 5. The monoisotopic (exact) mass is 803 g/mol. The quantitative estimate of drug-likeness (QED) is 0.123. The third kappa shape index (κ3) is 7.54. The molecular formula is C37H32F7N7O4S. The van der Waals surface area contributed by atoms with Crippen LogP contribution in [0.2, 0.25) is 0 Å². The largest absolute Gasteiger partial charge is 0.435 e. The molecule has 2 aliphatic rings. The molecule has 1 saturated carbocycles. The zero-order valence-corrected chi connectivity index (χ0v) is 30.8. The Kier molecular flexibility index (Phi) is 9.23. The molecule has 0 unspecified atom stereocenters. The molecule has 0 saturated heterocycles. The summed E-state index contributed by atoms with van der Waals surface area (Å²) in [5.74, 6) is -3.42. The molecule has 3 N–H and O–H groups in total. The summed E-state index contributed by atoms with van der Waals surface area (Å²) < 4.78 is 130. The number of imidazole rings is 1. The molecule has 0 spiro atoms. The van der Waals surface area contributed by atoms with Crippen LogP contribution in [0.15, 0.2) is 48.5 Å². The first-order valence-corrected chi connectivity index (χ1v) is 18.9. The Morgan fingerprint density at radius 1 is 1.09 bits per heavy atom. The lowest BCUT2D eigenvalue weighted by Crippen LogP contribution is -2.35. The fourth-order valence-electron chi connectivity index (χ4n) is 7.17. The Hall–Kier alpha value is -5.48. The highest BCUT2D eigenvalue weighted by Gasteiger charge is 2.68. The Labute approximate surface area is 315 Å². The molecule has 1 aromatic carbocycles. The molecule has 0 radical (unpaired) electrons. The Bertz CT molecular complexity index is 2580. The van der Waals surface area contributed by atoms with Gasteiger partial charge in [0.05, 0.1) is 29.2 Å². The van der Waals surface area contributed by atoms with Gasteiger partial charge in [0.2, 0.25) is 15.9 Å². The number of benzene rings is 1. The van der Waals surface area contributed by atoms with Crippen LogP contribution in [-0.4, -0.2) is 55.4 Å². The third-order valence-corrected chi connectivity index (χ3v) is 9.89. The van der Waals surface area contributed by atoms with Crippen molar-refractivity contribution in [2.45, 2.75) is 69.8 Å². The van der Waals surface area contributed by atoms with Gasteiger partial charge in [-0.25, -0.2) is 27.2 Å². The smallest absolute Gasteiger partial charge is 0.378 e. The number of pyridine rings is 2. The number of rotatable bonds is 9. The van der Waals surface area contributed by atoms with Crippen molar-refractivity contribution in [3.05, 3.63) is 99.9 Å². The van der Waals surface area contributed by atoms with E-state index < -0.39 is 86.6 Å². The van der Waals surface area contributed by atoms with Gasteiger partial charge in [0.15, 0.2) is 11.5 Å². The summed E-state index contributed by atoms with van der Waals surface area (Å²) in [7, 11) is -3.78. The van der Waals surface area contributed by atoms with Gasteiger partial charge < -0.3 is 10.4 Å². The maximum absolute atomic E-state index is 15.4. The average Bonchev–Trinajstić information content (AvgIpc) is 3.61. The molecule has 4 heterocycles. The highest BCUT2D eigenvalue weighted by Crippen LogP contribution is 2.68. The minimum atomic E-state index is -5.07. The minimum Gasteiger partial charge on any atom is -0.378 e. The van der Waals surface area contributed by atoms with E-state index in [0.29, 0.717) is 27.8 Å². The van der Waals surface area contributed by atoms with Crippen molar-refractivity contribution in [3.8, 4) is 23.1 Å². The number of fused-ring (bicyclic) bond motifs is 4. The number of sulfonamides is 1. The van der Waals surface area contributed by atoms with E-state index in [2.05, 4.69) is 36.9 Å². The van der Waals surface area contributed by atoms with E-state index in [1.165, 1.54) is 19.9 Å². The lowest BCUT2D eigenvalue weighted by molar-refractivity contribution is -0.142. The molecule has 11 nitrogen and oxygen atoms in total. The Morgan fingerprint density at radius 2 is 1.79 bits per heavy atom. The van der Waals surface area contributed by atoms with Gasteiger partial charge in [-0.15, -0.1) is 0 Å². The number of nitrogens with one attached hydrogen (secondary N) is 2. The molecule has 4 aromatic heterocycles. The van der Waals surface area contributed by atoms with E-state index in [1.807, 2.05) is 0 Å². The number of aryl methyl sites for hydroxylation is 1. The van der Waals surface area contributed by atoms with Crippen LogP contribution < -0.4 is 10.0 Å². The zero-order valence-electron chi connectivity index (χ0n) is 29.9. The highest BCUT2D eigenvalue weighted by molar-refractivity contribution is 7.92. The second-order valence-corrected chi connectivity index (χ2v) is 16.1. The second-order valence-electron chi connectivity index (χ2n) is 14.4. The number of hydrogen-bond donors (Lipinski definition) is 3. The van der Waals surface area contributed by atoms with Gasteiger partial charge in [-0.3, -0.25) is 18.6 Å². The van der Waals surface area contributed by atoms with Gasteiger partial charge in [-0.1, -0.05) is 12.0 Å². The van der Waals surface area contributed by atoms with Crippen LogP contribution in [0, 0.1) is 36.3 Å². The van der Waals surface area contributed by atoms with Gasteiger partial charge >= 0.3 is 6.18 Å². The van der Waals surface area contributed by atoms with Gasteiger partial charge in [0, 0.05) is 23.1 Å². The molecule has 2 aliphatic carbocycles. The van der Waals surface area contributed by atoms with Crippen LogP contribution in [0.3, 0.4) is 0 Å². The second kappa shape index (κ2) is 13.3. The van der Waals surface area contributed by atoms with E-state index >= 15 is 8.78 Å². The minimum absolute atomic E-state index is 0.00274. The van der Waals surface area contributed by atoms with E-state index in [-0.39, 0.29) is 41.2 Å². The van der Waals surface area contributed by atoms with Crippen molar-refractivity contribution in [2.24, 2.45) is 5.92 Å². The van der Waals surface area contributed by atoms with Gasteiger partial charge in [-0.2, -0.15) is 27.1 Å². The molecule has 1 fully saturated rings. The lowest BCUT2D eigenvalue weighted by atomic mass is 9.96. The first-order valence-electron chi connectivity index (χ1n) is 17.0. The highest BCUT2D eigenvalue weighted by atomic mass is 32.2. The van der Waals surface area contributed by atoms with Gasteiger partial charge in [-0.05, 0) is 87.4 Å². The van der Waals surface area contributed by atoms with Crippen LogP contribution >= 0.6 is 0 Å². The summed E-state index contributed by atoms with van der Waals surface area (Å²) in [6.07, 6.45) is -4.66. The molecule has 3 atom stereocenters. The first-order chi connectivity index (χ1) is 26.0. The van der Waals surface area contributed by atoms with Crippen molar-refractivity contribution >= 4 is 27.3 Å². The van der Waals surface area contributed by atoms with Crippen molar-refractivity contribution in [2.75, 3.05) is 11.0 Å². The topological polar surface area (TPSA) is 144 Å². The maximum Gasteiger partial charge on any atom is 0.435 e. The summed E-state index contributed by atoms with van der Waals surface area (Å²) in [6, 6.07) is 9.06. The predicted octanol–water partition coefficient (Wildman–Crippen LogP) is 6.00. The molecule has 19 heteroatoms. The van der Waals surface area contributed by atoms with Gasteiger partial charge in [0.25, 0.3) is 5.92 Å². The van der Waals surface area contributed by atoms with E-state index in [9.17, 15) is 40.3 Å². The molecule has 0 bridgehead atoms. The summed E-state index contributed by atoms with van der Waals surface area (Å²) in [5.41, 5.74) is -3.63. The van der Waals surface area contributed by atoms with E-state index in [4.69, 9.17) is 0 Å². The van der Waals surface area contributed by atoms with Crippen molar-refractivity contribution in [3.63, 3.8) is 0 Å². The molecular weight excluding hydrogens is 772 g/mol. The Morgan fingerprint density at radius 3 is 2.43 bits per heavy atom. The molecule has 0 aliphatic heterocycles. The number of aromatic nitrogens is 5. The Balaban J connectivity index is 1.38. The number of nitrogens with zero attached hydrogens (tertiary/aromatic N) is 5. The standard InChI is InChI=1S/C37H32F7N7O4S/c1-18-45-34(49-56(4,54)55)28-7-5-6-27(51(18)28)23-9-8-22(10-11-35(2,3)53)46-31(23)26(14-19-12-20(38)15-21(39)13-19)47-29(52)17-50-33-30(32(48-50)37(42,43)44)24-16-25(24)36(33,40)41/h5-9,12-13,15,24-26,49,53H,14,16-17H2,1-4H3,(H,47,52)/t24-,25+,26-/m0/s1. The molecule has 7 rings (SSSR count). The van der Waals surface area contributed by atoms with E-state index in [1.54, 1.807) is 35.6 Å². The average molecular weight is 804 g/mol. The molecule has 5 aromatic rings. The first kappa shape index (κ1) is 38.8. The number of hydrogen-bond acceptors (Lipinski definition) is 7. The van der Waals surface area contributed by atoms with Crippen LogP contribution in [0.4, 0.5) is 36.6 Å². The summed E-state index contributed by atoms with van der Waals surface area (Å²) in [4.78, 5) is 22.9. The summed E-state index contributed by atoms with van der Waals surface area (Å²) >= 11 is 0. The van der Waals surface area contributed by atoms with Gasteiger partial charge in [0.1, 0.15) is 41.0 Å². The van der Waals surface area contributed by atoms with E-state index in [0.717, 1.165) is 18.4 Å². The fourth-order valence-corrected chi connectivity index (χ4v) is 7.67. The number of halogens is 7. The van der Waals surface area contributed by atoms with Crippen molar-refractivity contribution in [1.29, 1.82) is 0 Å². The number of amides is 1. The molecule has 1 amide bonds. The van der Waals surface area contributed by atoms with Crippen LogP contribution in [0.1, 0.15) is 72.0 Å². The third-order valence-electron chi connectivity index (χ3n) is 9.33. The summed E-state index contributed by atoms with van der Waals surface area (Å²) in [6.45, 7) is 3.35. The fraction of sp³-hybridized carbons (Fsp3) is 0.351. The molecule has 56 heavy (non-hydrogen) atoms. The SMILES string of the molecule is Cc1nc(NS(C)(=O)=O)c2cccc(-c3ccc(C#CC(C)(C)O)nc3[C@H](Cc3cc(F)cc(F)c3)NC(=O)Cn3nc(C(F)(F)F)c4c3C(F)(F)[C@@H]3C[C@H]43)n12. The number of carbonyl (C=O) groups is 1.